The summed E-state index contributed by atoms with van der Waals surface area (Å²) in [6.07, 6.45) is 0.781. The number of aryl methyl sites for hydroxylation is 3. The molecule has 0 aliphatic carbocycles. The van der Waals surface area contributed by atoms with Crippen molar-refractivity contribution in [3.63, 3.8) is 0 Å². The van der Waals surface area contributed by atoms with Crippen LogP contribution in [0.3, 0.4) is 0 Å². The molecule has 0 spiro atoms. The minimum Gasteiger partial charge on any atom is -0.340 e. The number of fused-ring (bicyclic) bond motifs is 1. The van der Waals surface area contributed by atoms with E-state index in [1.54, 1.807) is 0 Å². The van der Waals surface area contributed by atoms with Gasteiger partial charge in [0.25, 0.3) is 0 Å². The highest BCUT2D eigenvalue weighted by molar-refractivity contribution is 5.82. The van der Waals surface area contributed by atoms with E-state index < -0.39 is 0 Å². The summed E-state index contributed by atoms with van der Waals surface area (Å²) in [5, 5.41) is 8.59. The number of rotatable bonds is 5. The van der Waals surface area contributed by atoms with E-state index in [0.29, 0.717) is 0 Å². The zero-order valence-electron chi connectivity index (χ0n) is 18.6. The van der Waals surface area contributed by atoms with Gasteiger partial charge in [0.2, 0.25) is 0 Å². The fourth-order valence-electron chi connectivity index (χ4n) is 4.16. The molecular weight excluding hydrogens is 392 g/mol. The summed E-state index contributed by atoms with van der Waals surface area (Å²) in [7, 11) is 0. The molecule has 32 heavy (non-hydrogen) atoms. The number of hydrogen-bond donors (Lipinski definition) is 1. The van der Waals surface area contributed by atoms with Gasteiger partial charge in [-0.15, -0.1) is 0 Å². The largest absolute Gasteiger partial charge is 0.340 e. The second-order valence-corrected chi connectivity index (χ2v) is 8.24. The molecule has 158 valence electrons. The smallest absolute Gasteiger partial charge is 0.165 e. The second-order valence-electron chi connectivity index (χ2n) is 8.24. The van der Waals surface area contributed by atoms with Gasteiger partial charge >= 0.3 is 0 Å². The lowest BCUT2D eigenvalue weighted by molar-refractivity contribution is 0.895. The van der Waals surface area contributed by atoms with Crippen LogP contribution in [0.5, 0.6) is 0 Å². The average molecular weight is 419 g/mol. The van der Waals surface area contributed by atoms with Crippen molar-refractivity contribution in [2.75, 3.05) is 5.32 Å². The first kappa shape index (κ1) is 20.0. The summed E-state index contributed by atoms with van der Waals surface area (Å²) in [5.74, 6) is 0.963. The Balaban J connectivity index is 1.73. The van der Waals surface area contributed by atoms with Crippen LogP contribution in [-0.4, -0.2) is 14.6 Å². The van der Waals surface area contributed by atoms with E-state index in [1.807, 2.05) is 16.6 Å². The van der Waals surface area contributed by atoms with Gasteiger partial charge < -0.3 is 5.32 Å². The van der Waals surface area contributed by atoms with Crippen LogP contribution >= 0.6 is 0 Å². The summed E-state index contributed by atoms with van der Waals surface area (Å²) >= 11 is 0. The van der Waals surface area contributed by atoms with Crippen LogP contribution in [0.4, 0.5) is 11.5 Å². The highest BCUT2D eigenvalue weighted by Crippen LogP contribution is 2.33. The lowest BCUT2D eigenvalue weighted by Gasteiger charge is -2.17. The standard InChI is InChI=1S/C28H26N4/c1-19-14-16-24(17-15-19)30-27-25(18-22-10-6-4-7-11-22)20(2)29-28-26(21(3)31-32(27)28)23-12-8-5-9-13-23/h4-17,30H,18H2,1-3H3. The third-order valence-electron chi connectivity index (χ3n) is 5.84. The Morgan fingerprint density at radius 2 is 1.41 bits per heavy atom. The van der Waals surface area contributed by atoms with Crippen molar-refractivity contribution in [1.29, 1.82) is 0 Å². The highest BCUT2D eigenvalue weighted by atomic mass is 15.3. The Labute approximate surface area is 188 Å². The van der Waals surface area contributed by atoms with Crippen molar-refractivity contribution < 1.29 is 0 Å². The molecule has 0 saturated heterocycles. The molecule has 4 nitrogen and oxygen atoms in total. The van der Waals surface area contributed by atoms with Crippen LogP contribution in [0.25, 0.3) is 16.8 Å². The van der Waals surface area contributed by atoms with Crippen molar-refractivity contribution >= 4 is 17.2 Å². The average Bonchev–Trinajstić information content (AvgIpc) is 3.14. The van der Waals surface area contributed by atoms with Crippen LogP contribution < -0.4 is 5.32 Å². The van der Waals surface area contributed by atoms with E-state index in [9.17, 15) is 0 Å². The minimum atomic E-state index is 0.781. The zero-order chi connectivity index (χ0) is 22.1. The maximum Gasteiger partial charge on any atom is 0.165 e. The molecule has 5 aromatic rings. The molecule has 0 atom stereocenters. The molecule has 2 aromatic heterocycles. The van der Waals surface area contributed by atoms with Gasteiger partial charge in [-0.25, -0.2) is 4.98 Å². The first-order valence-electron chi connectivity index (χ1n) is 10.9. The summed E-state index contributed by atoms with van der Waals surface area (Å²) in [5.41, 5.74) is 9.71. The van der Waals surface area contributed by atoms with E-state index in [4.69, 9.17) is 10.1 Å². The Kier molecular flexibility index (Phi) is 5.20. The molecule has 0 unspecified atom stereocenters. The van der Waals surface area contributed by atoms with Gasteiger partial charge in [-0.2, -0.15) is 9.61 Å². The van der Waals surface area contributed by atoms with Crippen molar-refractivity contribution in [1.82, 2.24) is 14.6 Å². The molecule has 3 aromatic carbocycles. The number of hydrogen-bond acceptors (Lipinski definition) is 3. The SMILES string of the molecule is Cc1ccc(Nc2c(Cc3ccccc3)c(C)nc3c(-c4ccccc4)c(C)nn23)cc1. The van der Waals surface area contributed by atoms with Crippen LogP contribution in [0.2, 0.25) is 0 Å². The van der Waals surface area contributed by atoms with Gasteiger partial charge in [-0.05, 0) is 44.0 Å². The number of nitrogens with zero attached hydrogens (tertiary/aromatic N) is 3. The molecule has 0 aliphatic heterocycles. The maximum atomic E-state index is 5.05. The summed E-state index contributed by atoms with van der Waals surface area (Å²) < 4.78 is 1.97. The van der Waals surface area contributed by atoms with Crippen molar-refractivity contribution in [3.8, 4) is 11.1 Å². The van der Waals surface area contributed by atoms with Gasteiger partial charge in [0.15, 0.2) is 5.65 Å². The van der Waals surface area contributed by atoms with Crippen LogP contribution in [0, 0.1) is 20.8 Å². The summed E-state index contributed by atoms with van der Waals surface area (Å²) in [6, 6.07) is 29.4. The molecule has 0 aliphatic rings. The molecule has 2 heterocycles. The topological polar surface area (TPSA) is 42.2 Å². The molecule has 0 fully saturated rings. The Bertz CT molecular complexity index is 1370. The highest BCUT2D eigenvalue weighted by Gasteiger charge is 2.20. The molecule has 1 N–H and O–H groups in total. The normalized spacial score (nSPS) is 11.1. The molecule has 5 rings (SSSR count). The molecule has 0 radical (unpaired) electrons. The Morgan fingerprint density at radius 3 is 2.09 bits per heavy atom. The van der Waals surface area contributed by atoms with Crippen LogP contribution in [0.1, 0.15) is 28.1 Å². The first-order valence-corrected chi connectivity index (χ1v) is 10.9. The summed E-state index contributed by atoms with van der Waals surface area (Å²) in [6.45, 7) is 6.25. The predicted molar refractivity (Wildman–Crippen MR) is 132 cm³/mol. The lowest BCUT2D eigenvalue weighted by atomic mass is 10.0. The van der Waals surface area contributed by atoms with Crippen molar-refractivity contribution in [2.24, 2.45) is 0 Å². The van der Waals surface area contributed by atoms with Gasteiger partial charge in [-0.1, -0.05) is 78.4 Å². The molecule has 0 amide bonds. The fourth-order valence-corrected chi connectivity index (χ4v) is 4.16. The summed E-state index contributed by atoms with van der Waals surface area (Å²) in [4.78, 5) is 5.05. The number of anilines is 2. The quantitative estimate of drug-likeness (QED) is 0.347. The van der Waals surface area contributed by atoms with E-state index in [-0.39, 0.29) is 0 Å². The number of benzene rings is 3. The van der Waals surface area contributed by atoms with E-state index in [1.165, 1.54) is 11.1 Å². The lowest BCUT2D eigenvalue weighted by Crippen LogP contribution is -2.09. The van der Waals surface area contributed by atoms with E-state index in [0.717, 1.165) is 51.7 Å². The second kappa shape index (κ2) is 8.31. The molecule has 4 heteroatoms. The van der Waals surface area contributed by atoms with Gasteiger partial charge in [0.05, 0.1) is 5.69 Å². The minimum absolute atomic E-state index is 0.781. The maximum absolute atomic E-state index is 5.05. The zero-order valence-corrected chi connectivity index (χ0v) is 18.6. The Morgan fingerprint density at radius 1 is 0.750 bits per heavy atom. The third kappa shape index (κ3) is 3.76. The van der Waals surface area contributed by atoms with Gasteiger partial charge in [0, 0.05) is 28.9 Å². The van der Waals surface area contributed by atoms with Gasteiger partial charge in [-0.3, -0.25) is 0 Å². The third-order valence-corrected chi connectivity index (χ3v) is 5.84. The molecule has 0 saturated carbocycles. The number of nitrogens with one attached hydrogen (secondary N) is 1. The van der Waals surface area contributed by atoms with Crippen molar-refractivity contribution in [3.05, 3.63) is 113 Å². The molecular formula is C28H26N4. The predicted octanol–water partition coefficient (Wildman–Crippen LogP) is 6.66. The fraction of sp³-hybridized carbons (Fsp3) is 0.143. The number of aromatic nitrogens is 3. The van der Waals surface area contributed by atoms with Crippen molar-refractivity contribution in [2.45, 2.75) is 27.2 Å². The Hall–Kier alpha value is -3.92. The monoisotopic (exact) mass is 418 g/mol. The first-order chi connectivity index (χ1) is 15.6. The van der Waals surface area contributed by atoms with Crippen LogP contribution in [-0.2, 0) is 6.42 Å². The van der Waals surface area contributed by atoms with E-state index in [2.05, 4.69) is 98.9 Å². The van der Waals surface area contributed by atoms with E-state index >= 15 is 0 Å². The van der Waals surface area contributed by atoms with Crippen LogP contribution in [0.15, 0.2) is 84.9 Å². The molecule has 0 bridgehead atoms. The van der Waals surface area contributed by atoms with Gasteiger partial charge in [0.1, 0.15) is 5.82 Å².